The number of carbonyl (C=O) groups is 2. The Morgan fingerprint density at radius 2 is 2.05 bits per heavy atom. The second-order valence-corrected chi connectivity index (χ2v) is 9.04. The molecule has 0 saturated carbocycles. The van der Waals surface area contributed by atoms with Crippen molar-refractivity contribution >= 4 is 35.5 Å². The molecule has 2 amide bonds. The van der Waals surface area contributed by atoms with Crippen molar-refractivity contribution in [1.29, 1.82) is 0 Å². The fourth-order valence-corrected chi connectivity index (χ4v) is 4.83. The summed E-state index contributed by atoms with van der Waals surface area (Å²) in [6.07, 6.45) is 0.597. The zero-order valence-electron chi connectivity index (χ0n) is 13.0. The fraction of sp³-hybridized carbons (Fsp3) is 0.857. The molecule has 1 saturated heterocycles. The number of carboxylic acids is 1. The summed E-state index contributed by atoms with van der Waals surface area (Å²) in [6, 6.07) is -0.599. The number of hydrogen-bond donors (Lipinski definition) is 3. The highest BCUT2D eigenvalue weighted by Crippen LogP contribution is 2.23. The summed E-state index contributed by atoms with van der Waals surface area (Å²) < 4.78 is 0. The molecule has 2 atom stereocenters. The molecule has 0 aromatic rings. The lowest BCUT2D eigenvalue weighted by Gasteiger charge is -2.26. The molecule has 0 radical (unpaired) electrons. The number of aliphatic carboxylic acids is 1. The first kappa shape index (κ1) is 18.5. The van der Waals surface area contributed by atoms with Gasteiger partial charge in [-0.1, -0.05) is 20.8 Å². The van der Waals surface area contributed by atoms with Crippen LogP contribution in [0.3, 0.4) is 0 Å². The van der Waals surface area contributed by atoms with Crippen LogP contribution < -0.4 is 10.6 Å². The van der Waals surface area contributed by atoms with E-state index in [1.54, 1.807) is 0 Å². The maximum absolute atomic E-state index is 11.9. The molecule has 0 bridgehead atoms. The molecule has 1 fully saturated rings. The summed E-state index contributed by atoms with van der Waals surface area (Å²) >= 11 is 3.80. The van der Waals surface area contributed by atoms with Crippen LogP contribution in [0, 0.1) is 5.41 Å². The topological polar surface area (TPSA) is 78.4 Å². The van der Waals surface area contributed by atoms with Gasteiger partial charge in [0.15, 0.2) is 0 Å². The van der Waals surface area contributed by atoms with Gasteiger partial charge in [-0.15, -0.1) is 0 Å². The van der Waals surface area contributed by atoms with Crippen molar-refractivity contribution in [3.05, 3.63) is 0 Å². The first-order valence-corrected chi connectivity index (χ1v) is 9.42. The highest BCUT2D eigenvalue weighted by molar-refractivity contribution is 8.06. The third-order valence-corrected chi connectivity index (χ3v) is 5.84. The van der Waals surface area contributed by atoms with Crippen LogP contribution in [-0.4, -0.2) is 52.2 Å². The van der Waals surface area contributed by atoms with Gasteiger partial charge in [-0.25, -0.2) is 4.79 Å². The third-order valence-electron chi connectivity index (χ3n) is 2.99. The lowest BCUT2D eigenvalue weighted by atomic mass is 9.87. The van der Waals surface area contributed by atoms with E-state index in [2.05, 4.69) is 10.6 Å². The van der Waals surface area contributed by atoms with Crippen molar-refractivity contribution < 1.29 is 14.7 Å². The summed E-state index contributed by atoms with van der Waals surface area (Å²) in [6.45, 7) is 6.75. The molecule has 5 nitrogen and oxygen atoms in total. The molecular weight excluding hydrogens is 308 g/mol. The minimum absolute atomic E-state index is 0.0245. The number of nitrogens with one attached hydrogen (secondary N) is 2. The average molecular weight is 335 g/mol. The van der Waals surface area contributed by atoms with Gasteiger partial charge in [-0.2, -0.15) is 23.5 Å². The van der Waals surface area contributed by atoms with E-state index < -0.39 is 5.97 Å². The second-order valence-electron chi connectivity index (χ2n) is 6.48. The number of amides is 2. The Morgan fingerprint density at radius 3 is 2.57 bits per heavy atom. The number of carboxylic acid groups (broad SMARTS) is 1. The maximum atomic E-state index is 11.9. The Labute approximate surface area is 135 Å². The van der Waals surface area contributed by atoms with Crippen molar-refractivity contribution in [1.82, 2.24) is 10.6 Å². The van der Waals surface area contributed by atoms with E-state index >= 15 is 0 Å². The lowest BCUT2D eigenvalue weighted by Crippen LogP contribution is -2.46. The van der Waals surface area contributed by atoms with Crippen LogP contribution in [0.2, 0.25) is 0 Å². The molecule has 0 aromatic heterocycles. The zero-order chi connectivity index (χ0) is 15.9. The van der Waals surface area contributed by atoms with Crippen LogP contribution in [0.5, 0.6) is 0 Å². The van der Waals surface area contributed by atoms with Gasteiger partial charge in [0, 0.05) is 35.1 Å². The third kappa shape index (κ3) is 9.14. The van der Waals surface area contributed by atoms with Gasteiger partial charge < -0.3 is 15.7 Å². The van der Waals surface area contributed by atoms with E-state index in [9.17, 15) is 9.59 Å². The van der Waals surface area contributed by atoms with Crippen LogP contribution in [0.4, 0.5) is 4.79 Å². The minimum Gasteiger partial charge on any atom is -0.481 e. The first-order valence-electron chi connectivity index (χ1n) is 7.22. The smallest absolute Gasteiger partial charge is 0.315 e. The monoisotopic (exact) mass is 334 g/mol. The molecule has 1 aliphatic rings. The van der Waals surface area contributed by atoms with Crippen LogP contribution in [0.25, 0.3) is 0 Å². The van der Waals surface area contributed by atoms with Crippen LogP contribution in [0.1, 0.15) is 33.6 Å². The predicted octanol–water partition coefficient (Wildman–Crippen LogP) is 2.41. The zero-order valence-corrected chi connectivity index (χ0v) is 14.6. The van der Waals surface area contributed by atoms with Gasteiger partial charge >= 0.3 is 12.0 Å². The Kier molecular flexibility index (Phi) is 7.73. The summed E-state index contributed by atoms with van der Waals surface area (Å²) in [5, 5.41) is 15.1. The van der Waals surface area contributed by atoms with Crippen LogP contribution >= 0.6 is 23.5 Å². The highest BCUT2D eigenvalue weighted by atomic mass is 32.2. The summed E-state index contributed by atoms with van der Waals surface area (Å²) in [5.74, 6) is 2.49. The molecule has 0 aliphatic carbocycles. The quantitative estimate of drug-likeness (QED) is 0.695. The van der Waals surface area contributed by atoms with Crippen molar-refractivity contribution in [2.45, 2.75) is 44.9 Å². The molecule has 0 aromatic carbocycles. The van der Waals surface area contributed by atoms with Gasteiger partial charge in [0.05, 0.1) is 6.42 Å². The Morgan fingerprint density at radius 1 is 1.33 bits per heavy atom. The molecule has 3 N–H and O–H groups in total. The van der Waals surface area contributed by atoms with Gasteiger partial charge in [0.25, 0.3) is 0 Å². The molecular formula is C14H26N2O3S2. The van der Waals surface area contributed by atoms with E-state index in [0.717, 1.165) is 11.5 Å². The molecule has 1 aliphatic heterocycles. The van der Waals surface area contributed by atoms with E-state index in [1.807, 2.05) is 44.3 Å². The number of rotatable bonds is 6. The van der Waals surface area contributed by atoms with Gasteiger partial charge in [-0.3, -0.25) is 4.79 Å². The normalized spacial score (nSPS) is 20.6. The molecule has 0 spiro atoms. The van der Waals surface area contributed by atoms with E-state index in [4.69, 9.17) is 5.11 Å². The number of hydrogen-bond acceptors (Lipinski definition) is 4. The van der Waals surface area contributed by atoms with Crippen LogP contribution in [-0.2, 0) is 4.79 Å². The number of thioether (sulfide) groups is 2. The van der Waals surface area contributed by atoms with Crippen molar-refractivity contribution in [3.63, 3.8) is 0 Å². The molecule has 1 rings (SSSR count). The molecule has 7 heteroatoms. The van der Waals surface area contributed by atoms with E-state index in [0.29, 0.717) is 18.2 Å². The van der Waals surface area contributed by atoms with Crippen molar-refractivity contribution in [2.24, 2.45) is 5.41 Å². The van der Waals surface area contributed by atoms with Crippen molar-refractivity contribution in [3.8, 4) is 0 Å². The number of urea groups is 1. The van der Waals surface area contributed by atoms with Crippen molar-refractivity contribution in [2.75, 3.05) is 23.8 Å². The van der Waals surface area contributed by atoms with Gasteiger partial charge in [0.1, 0.15) is 0 Å². The standard InChI is InChI=1S/C14H26N2O3S2/c1-14(2,3)7-10(6-12(17)18)16-13(19)15-8-11-9-20-4-5-21-11/h10-11H,4-9H2,1-3H3,(H,17,18)(H2,15,16,19). The first-order chi connectivity index (χ1) is 9.76. The molecule has 2 unspecified atom stereocenters. The minimum atomic E-state index is -0.885. The lowest BCUT2D eigenvalue weighted by molar-refractivity contribution is -0.137. The van der Waals surface area contributed by atoms with Gasteiger partial charge in [-0.05, 0) is 11.8 Å². The Bertz CT molecular complexity index is 353. The van der Waals surface area contributed by atoms with E-state index in [1.165, 1.54) is 5.75 Å². The average Bonchev–Trinajstić information content (AvgIpc) is 2.34. The second kappa shape index (κ2) is 8.78. The summed E-state index contributed by atoms with van der Waals surface area (Å²) in [7, 11) is 0. The highest BCUT2D eigenvalue weighted by Gasteiger charge is 2.23. The SMILES string of the molecule is CC(C)(C)CC(CC(=O)O)NC(=O)NCC1CSCCS1. The van der Waals surface area contributed by atoms with Gasteiger partial charge in [0.2, 0.25) is 0 Å². The molecule has 21 heavy (non-hydrogen) atoms. The molecule has 122 valence electrons. The Balaban J connectivity index is 2.37. The summed E-state index contributed by atoms with van der Waals surface area (Å²) in [4.78, 5) is 22.8. The largest absolute Gasteiger partial charge is 0.481 e. The predicted molar refractivity (Wildman–Crippen MR) is 90.2 cm³/mol. The fourth-order valence-electron chi connectivity index (χ4n) is 2.22. The Hall–Kier alpha value is -0.560. The maximum Gasteiger partial charge on any atom is 0.315 e. The van der Waals surface area contributed by atoms with Crippen LogP contribution in [0.15, 0.2) is 0 Å². The molecule has 1 heterocycles. The van der Waals surface area contributed by atoms with E-state index in [-0.39, 0.29) is 23.9 Å². The summed E-state index contributed by atoms with van der Waals surface area (Å²) in [5.41, 5.74) is -0.0245. The number of carbonyl (C=O) groups excluding carboxylic acids is 1.